The molecule has 2 rings (SSSR count). The molecule has 1 aromatic rings. The fourth-order valence-electron chi connectivity index (χ4n) is 2.08. The average Bonchev–Trinajstić information content (AvgIpc) is 2.25. The Kier molecular flexibility index (Phi) is 2.47. The normalized spacial score (nSPS) is 24.8. The Morgan fingerprint density at radius 3 is 2.40 bits per heavy atom. The van der Waals surface area contributed by atoms with Gasteiger partial charge in [0.05, 0.1) is 0 Å². The fraction of sp³-hybridized carbons (Fsp3) is 0.357. The number of hydrogen-bond acceptors (Lipinski definition) is 1. The number of aryl methyl sites for hydroxylation is 1. The first-order valence-electron chi connectivity index (χ1n) is 5.43. The average molecular weight is 199 g/mol. The van der Waals surface area contributed by atoms with Gasteiger partial charge in [-0.1, -0.05) is 48.9 Å². The van der Waals surface area contributed by atoms with Crippen molar-refractivity contribution in [1.29, 1.82) is 5.41 Å². The molecule has 1 heteroatoms. The highest BCUT2D eigenvalue weighted by Gasteiger charge is 2.33. The summed E-state index contributed by atoms with van der Waals surface area (Å²) in [7, 11) is 0. The van der Waals surface area contributed by atoms with Gasteiger partial charge in [-0.05, 0) is 24.8 Å². The zero-order chi connectivity index (χ0) is 11.0. The molecule has 1 nitrogen and oxygen atoms in total. The predicted octanol–water partition coefficient (Wildman–Crippen LogP) is 3.58. The van der Waals surface area contributed by atoms with Gasteiger partial charge in [-0.25, -0.2) is 0 Å². The van der Waals surface area contributed by atoms with Crippen LogP contribution in [0.5, 0.6) is 0 Å². The van der Waals surface area contributed by atoms with Crippen molar-refractivity contribution in [3.05, 3.63) is 47.5 Å². The van der Waals surface area contributed by atoms with Crippen LogP contribution in [0.25, 0.3) is 0 Å². The van der Waals surface area contributed by atoms with Crippen molar-refractivity contribution in [1.82, 2.24) is 0 Å². The minimum absolute atomic E-state index is 0.294. The van der Waals surface area contributed by atoms with Crippen LogP contribution in [0.15, 0.2) is 36.4 Å². The third-order valence-corrected chi connectivity index (χ3v) is 3.38. The Morgan fingerprint density at radius 2 is 1.93 bits per heavy atom. The van der Waals surface area contributed by atoms with Gasteiger partial charge in [-0.15, -0.1) is 0 Å². The smallest absolute Gasteiger partial charge is 0.0457 e. The molecule has 15 heavy (non-hydrogen) atoms. The van der Waals surface area contributed by atoms with E-state index in [1.807, 2.05) is 12.1 Å². The molecule has 0 spiro atoms. The Labute approximate surface area is 91.3 Å². The third kappa shape index (κ3) is 1.74. The molecule has 1 N–H and O–H groups in total. The zero-order valence-electron chi connectivity index (χ0n) is 9.38. The largest absolute Gasteiger partial charge is 0.304 e. The number of benzene rings is 1. The second-order valence-electron chi connectivity index (χ2n) is 4.54. The van der Waals surface area contributed by atoms with Crippen molar-refractivity contribution in [2.75, 3.05) is 0 Å². The minimum Gasteiger partial charge on any atom is -0.304 e. The van der Waals surface area contributed by atoms with Crippen molar-refractivity contribution in [3.63, 3.8) is 0 Å². The Balaban J connectivity index is 2.15. The van der Waals surface area contributed by atoms with E-state index in [9.17, 15) is 0 Å². The maximum atomic E-state index is 8.12. The van der Waals surface area contributed by atoms with Gasteiger partial charge in [0, 0.05) is 11.6 Å². The molecule has 0 radical (unpaired) electrons. The van der Waals surface area contributed by atoms with Crippen LogP contribution in [0.1, 0.15) is 24.5 Å². The van der Waals surface area contributed by atoms with Gasteiger partial charge in [0.25, 0.3) is 0 Å². The summed E-state index contributed by atoms with van der Waals surface area (Å²) in [5, 5.41) is 8.12. The molecule has 1 saturated carbocycles. The van der Waals surface area contributed by atoms with Crippen molar-refractivity contribution >= 4 is 5.71 Å². The van der Waals surface area contributed by atoms with Crippen LogP contribution in [0.4, 0.5) is 0 Å². The van der Waals surface area contributed by atoms with Crippen molar-refractivity contribution in [2.24, 2.45) is 11.8 Å². The zero-order valence-corrected chi connectivity index (χ0v) is 9.38. The van der Waals surface area contributed by atoms with Crippen LogP contribution >= 0.6 is 0 Å². The summed E-state index contributed by atoms with van der Waals surface area (Å²) in [5.74, 6) is 0.892. The Morgan fingerprint density at radius 1 is 1.33 bits per heavy atom. The lowest BCUT2D eigenvalue weighted by atomic mass is 9.68. The summed E-state index contributed by atoms with van der Waals surface area (Å²) >= 11 is 0. The minimum atomic E-state index is 0.294. The summed E-state index contributed by atoms with van der Waals surface area (Å²) < 4.78 is 0. The van der Waals surface area contributed by atoms with Gasteiger partial charge in [-0.2, -0.15) is 0 Å². The predicted molar refractivity (Wildman–Crippen MR) is 64.4 cm³/mol. The first-order chi connectivity index (χ1) is 7.09. The molecule has 1 aliphatic rings. The van der Waals surface area contributed by atoms with Crippen molar-refractivity contribution < 1.29 is 0 Å². The van der Waals surface area contributed by atoms with E-state index in [1.54, 1.807) is 0 Å². The van der Waals surface area contributed by atoms with Gasteiger partial charge < -0.3 is 5.41 Å². The van der Waals surface area contributed by atoms with Crippen molar-refractivity contribution in [3.8, 4) is 0 Å². The van der Waals surface area contributed by atoms with Crippen LogP contribution in [-0.4, -0.2) is 5.71 Å². The standard InChI is InChI=1S/C14H17N/c1-9-4-6-12(7-5-9)14(15)13-8-10(2)11(13)3/h4-7,10,13,15H,3,8H2,1-2H3. The highest BCUT2D eigenvalue weighted by Crippen LogP contribution is 2.40. The van der Waals surface area contributed by atoms with Gasteiger partial charge in [0.15, 0.2) is 0 Å². The first kappa shape index (κ1) is 10.2. The van der Waals surface area contributed by atoms with Gasteiger partial charge in [0.2, 0.25) is 0 Å². The van der Waals surface area contributed by atoms with Crippen LogP contribution in [0.2, 0.25) is 0 Å². The molecule has 0 aromatic heterocycles. The molecule has 1 aromatic carbocycles. The van der Waals surface area contributed by atoms with E-state index in [0.29, 0.717) is 11.8 Å². The highest BCUT2D eigenvalue weighted by atomic mass is 14.5. The molecule has 0 bridgehead atoms. The van der Waals surface area contributed by atoms with Gasteiger partial charge in [0.1, 0.15) is 0 Å². The molecular formula is C14H17N. The quantitative estimate of drug-likeness (QED) is 0.556. The number of rotatable bonds is 2. The molecule has 2 atom stereocenters. The first-order valence-corrected chi connectivity index (χ1v) is 5.43. The SMILES string of the molecule is C=C1C(C)CC1C(=N)c1ccc(C)cc1. The Hall–Kier alpha value is -1.37. The van der Waals surface area contributed by atoms with Crippen LogP contribution in [-0.2, 0) is 0 Å². The lowest BCUT2D eigenvalue weighted by Crippen LogP contribution is -2.31. The fourth-order valence-corrected chi connectivity index (χ4v) is 2.08. The molecule has 1 fully saturated rings. The highest BCUT2D eigenvalue weighted by molar-refractivity contribution is 6.02. The third-order valence-electron chi connectivity index (χ3n) is 3.38. The number of nitrogens with one attached hydrogen (secondary N) is 1. The van der Waals surface area contributed by atoms with Crippen LogP contribution in [0.3, 0.4) is 0 Å². The summed E-state index contributed by atoms with van der Waals surface area (Å²) in [5.41, 5.74) is 4.24. The van der Waals surface area contributed by atoms with E-state index in [2.05, 4.69) is 32.6 Å². The second kappa shape index (κ2) is 3.65. The Bertz CT molecular complexity index is 400. The lowest BCUT2D eigenvalue weighted by molar-refractivity contribution is 0.417. The van der Waals surface area contributed by atoms with Crippen molar-refractivity contribution in [2.45, 2.75) is 20.3 Å². The summed E-state index contributed by atoms with van der Waals surface area (Å²) in [4.78, 5) is 0. The molecule has 0 heterocycles. The monoisotopic (exact) mass is 199 g/mol. The molecule has 0 aliphatic heterocycles. The molecule has 2 unspecified atom stereocenters. The van der Waals surface area contributed by atoms with E-state index < -0.39 is 0 Å². The summed E-state index contributed by atoms with van der Waals surface area (Å²) in [6.07, 6.45) is 1.09. The maximum Gasteiger partial charge on any atom is 0.0457 e. The van der Waals surface area contributed by atoms with E-state index in [0.717, 1.165) is 17.7 Å². The van der Waals surface area contributed by atoms with E-state index >= 15 is 0 Å². The van der Waals surface area contributed by atoms with E-state index in [4.69, 9.17) is 5.41 Å². The number of allylic oxidation sites excluding steroid dienone is 1. The van der Waals surface area contributed by atoms with E-state index in [1.165, 1.54) is 11.1 Å². The lowest BCUT2D eigenvalue weighted by Gasteiger charge is -2.36. The van der Waals surface area contributed by atoms with E-state index in [-0.39, 0.29) is 0 Å². The van der Waals surface area contributed by atoms with Crippen LogP contribution < -0.4 is 0 Å². The number of hydrogen-bond donors (Lipinski definition) is 1. The summed E-state index contributed by atoms with van der Waals surface area (Å²) in [6.45, 7) is 8.30. The van der Waals surface area contributed by atoms with Gasteiger partial charge >= 0.3 is 0 Å². The van der Waals surface area contributed by atoms with Gasteiger partial charge in [-0.3, -0.25) is 0 Å². The molecule has 0 amide bonds. The molecular weight excluding hydrogens is 182 g/mol. The molecule has 0 saturated heterocycles. The second-order valence-corrected chi connectivity index (χ2v) is 4.54. The molecule has 78 valence electrons. The maximum absolute atomic E-state index is 8.12. The molecule has 1 aliphatic carbocycles. The van der Waals surface area contributed by atoms with Crippen LogP contribution in [0, 0.1) is 24.2 Å². The summed E-state index contributed by atoms with van der Waals surface area (Å²) in [6, 6.07) is 8.20. The topological polar surface area (TPSA) is 23.9 Å².